The molecule has 122 valence electrons. The number of nitrogen functional groups attached to an aromatic ring is 1. The van der Waals surface area contributed by atoms with Crippen molar-refractivity contribution < 1.29 is 17.7 Å². The Morgan fingerprint density at radius 3 is 3.09 bits per heavy atom. The Hall–Kier alpha value is -2.45. The Morgan fingerprint density at radius 2 is 2.43 bits per heavy atom. The van der Waals surface area contributed by atoms with Gasteiger partial charge < -0.3 is 26.4 Å². The van der Waals surface area contributed by atoms with Crippen molar-refractivity contribution in [2.45, 2.75) is 30.9 Å². The van der Waals surface area contributed by atoms with Crippen molar-refractivity contribution in [3.05, 3.63) is 16.7 Å². The van der Waals surface area contributed by atoms with Crippen LogP contribution in [0.2, 0.25) is 0 Å². The van der Waals surface area contributed by atoms with E-state index in [9.17, 15) is 15.0 Å². The van der Waals surface area contributed by atoms with Gasteiger partial charge in [-0.15, -0.1) is 5.92 Å². The smallest absolute Gasteiger partial charge is 0.280 e. The van der Waals surface area contributed by atoms with Crippen LogP contribution in [0.4, 0.5) is 5.95 Å². The summed E-state index contributed by atoms with van der Waals surface area (Å²) in [5.74, 6) is 4.97. The largest absolute Gasteiger partial charge is 0.394 e. The number of H-pyrrole nitrogens is 1. The standard InChI is InChI=1S/C13H16N6O4/c1-2-3-13(15)8(21)6(4-20)23-11(13)19-5-16-7-9(19)17-12(14)18-10(7)22/h5-6,8,11,20-21H,4,15H2,1H3,(H3,14,17,18,22)/t6-,8+,11-,13?/m1/s1/i4D2. The topological polar surface area (TPSA) is 165 Å². The molecule has 10 nitrogen and oxygen atoms in total. The van der Waals surface area contributed by atoms with E-state index in [0.29, 0.717) is 0 Å². The first-order valence-electron chi connectivity index (χ1n) is 7.60. The molecule has 2 aromatic rings. The minimum Gasteiger partial charge on any atom is -0.394 e. The number of nitrogens with two attached hydrogens (primary N) is 2. The first-order valence-corrected chi connectivity index (χ1v) is 6.60. The van der Waals surface area contributed by atoms with Gasteiger partial charge in [-0.05, 0) is 6.92 Å². The molecule has 0 radical (unpaired) electrons. The maximum Gasteiger partial charge on any atom is 0.280 e. The van der Waals surface area contributed by atoms with Gasteiger partial charge in [0.05, 0.1) is 15.6 Å². The molecule has 1 aliphatic rings. The molecule has 7 N–H and O–H groups in total. The van der Waals surface area contributed by atoms with E-state index in [-0.39, 0.29) is 17.1 Å². The summed E-state index contributed by atoms with van der Waals surface area (Å²) >= 11 is 0. The normalized spacial score (nSPS) is 32.3. The number of hydrogen-bond donors (Lipinski definition) is 5. The third kappa shape index (κ3) is 2.18. The predicted octanol–water partition coefficient (Wildman–Crippen LogP) is -2.33. The van der Waals surface area contributed by atoms with Gasteiger partial charge in [0, 0.05) is 0 Å². The Labute approximate surface area is 132 Å². The summed E-state index contributed by atoms with van der Waals surface area (Å²) in [5, 5.41) is 20.1. The van der Waals surface area contributed by atoms with Crippen LogP contribution in [0.3, 0.4) is 0 Å². The molecular formula is C13H16N6O4. The minimum absolute atomic E-state index is 0.0188. The van der Waals surface area contributed by atoms with Crippen LogP contribution in [0, 0.1) is 11.8 Å². The Bertz CT molecular complexity index is 942. The fraction of sp³-hybridized carbons (Fsp3) is 0.462. The van der Waals surface area contributed by atoms with Gasteiger partial charge in [0.1, 0.15) is 12.2 Å². The van der Waals surface area contributed by atoms with Crippen LogP contribution < -0.4 is 17.0 Å². The average molecular weight is 322 g/mol. The zero-order chi connectivity index (χ0) is 18.6. The van der Waals surface area contributed by atoms with Crippen molar-refractivity contribution in [3.63, 3.8) is 0 Å². The van der Waals surface area contributed by atoms with Crippen LogP contribution in [-0.4, -0.2) is 54.0 Å². The van der Waals surface area contributed by atoms with Crippen molar-refractivity contribution in [2.24, 2.45) is 5.73 Å². The number of nitrogens with one attached hydrogen (secondary N) is 1. The van der Waals surface area contributed by atoms with Crippen LogP contribution in [0.25, 0.3) is 11.2 Å². The molecule has 1 fully saturated rings. The number of imidazole rings is 1. The number of nitrogens with zero attached hydrogens (tertiary/aromatic N) is 3. The second kappa shape index (κ2) is 5.32. The highest BCUT2D eigenvalue weighted by atomic mass is 16.5. The Balaban J connectivity index is 2.21. The van der Waals surface area contributed by atoms with Gasteiger partial charge in [0.15, 0.2) is 22.9 Å². The molecule has 2 aromatic heterocycles. The SMILES string of the molecule is [2H]C([2H])(O)[C@H]1O[C@@H](n2cnc3c(=O)[nH]c(N)nc32)C(N)(C#CC)[C@H]1O. The van der Waals surface area contributed by atoms with E-state index < -0.39 is 36.1 Å². The number of aromatic nitrogens is 4. The number of anilines is 1. The van der Waals surface area contributed by atoms with Crippen LogP contribution in [-0.2, 0) is 4.74 Å². The molecule has 0 spiro atoms. The Kier molecular flexibility index (Phi) is 3.02. The molecule has 0 aliphatic carbocycles. The number of fused-ring (bicyclic) bond motifs is 1. The van der Waals surface area contributed by atoms with E-state index in [1.54, 1.807) is 0 Å². The van der Waals surface area contributed by atoms with E-state index in [4.69, 9.17) is 18.9 Å². The molecule has 0 aromatic carbocycles. The highest BCUT2D eigenvalue weighted by molar-refractivity contribution is 5.70. The minimum atomic E-state index is -2.88. The third-order valence-corrected chi connectivity index (χ3v) is 3.63. The lowest BCUT2D eigenvalue weighted by Crippen LogP contribution is -2.53. The highest BCUT2D eigenvalue weighted by Gasteiger charge is 2.54. The van der Waals surface area contributed by atoms with Crippen molar-refractivity contribution in [3.8, 4) is 11.8 Å². The number of aliphatic hydroxyl groups excluding tert-OH is 1. The summed E-state index contributed by atoms with van der Waals surface area (Å²) in [4.78, 5) is 22.1. The van der Waals surface area contributed by atoms with Gasteiger partial charge in [-0.3, -0.25) is 14.3 Å². The summed E-state index contributed by atoms with van der Waals surface area (Å²) < 4.78 is 21.6. The molecular weight excluding hydrogens is 304 g/mol. The lowest BCUT2D eigenvalue weighted by Gasteiger charge is -2.27. The van der Waals surface area contributed by atoms with Gasteiger partial charge in [-0.2, -0.15) is 4.98 Å². The molecule has 3 rings (SSSR count). The predicted molar refractivity (Wildman–Crippen MR) is 79.9 cm³/mol. The second-order valence-corrected chi connectivity index (χ2v) is 5.07. The molecule has 1 saturated heterocycles. The first-order chi connectivity index (χ1) is 11.6. The van der Waals surface area contributed by atoms with E-state index >= 15 is 0 Å². The van der Waals surface area contributed by atoms with Crippen molar-refractivity contribution >= 4 is 17.1 Å². The van der Waals surface area contributed by atoms with Gasteiger partial charge >= 0.3 is 0 Å². The third-order valence-electron chi connectivity index (χ3n) is 3.63. The number of aromatic amines is 1. The number of aliphatic hydroxyl groups is 2. The summed E-state index contributed by atoms with van der Waals surface area (Å²) in [6, 6.07) is 0. The van der Waals surface area contributed by atoms with Gasteiger partial charge in [-0.25, -0.2) is 4.98 Å². The number of hydrogen-bond acceptors (Lipinski definition) is 8. The van der Waals surface area contributed by atoms with Crippen molar-refractivity contribution in [1.82, 2.24) is 19.5 Å². The van der Waals surface area contributed by atoms with Crippen LogP contribution in [0.5, 0.6) is 0 Å². The average Bonchev–Trinajstić information content (AvgIpc) is 3.00. The molecule has 10 heteroatoms. The lowest BCUT2D eigenvalue weighted by molar-refractivity contribution is -0.0447. The molecule has 0 bridgehead atoms. The second-order valence-electron chi connectivity index (χ2n) is 5.07. The molecule has 4 atom stereocenters. The monoisotopic (exact) mass is 322 g/mol. The molecule has 3 heterocycles. The molecule has 0 saturated carbocycles. The van der Waals surface area contributed by atoms with Crippen molar-refractivity contribution in [2.75, 3.05) is 12.3 Å². The Morgan fingerprint density at radius 1 is 1.70 bits per heavy atom. The quantitative estimate of drug-likeness (QED) is 0.384. The summed E-state index contributed by atoms with van der Waals surface area (Å²) in [6.07, 6.45) is -3.43. The highest BCUT2D eigenvalue weighted by Crippen LogP contribution is 2.37. The van der Waals surface area contributed by atoms with E-state index in [0.717, 1.165) is 0 Å². The van der Waals surface area contributed by atoms with Crippen LogP contribution in [0.1, 0.15) is 15.9 Å². The first kappa shape index (κ1) is 13.0. The van der Waals surface area contributed by atoms with E-state index in [2.05, 4.69) is 26.8 Å². The zero-order valence-electron chi connectivity index (χ0n) is 14.0. The molecule has 1 unspecified atom stereocenters. The van der Waals surface area contributed by atoms with Crippen LogP contribution >= 0.6 is 0 Å². The van der Waals surface area contributed by atoms with Crippen molar-refractivity contribution in [1.29, 1.82) is 0 Å². The molecule has 23 heavy (non-hydrogen) atoms. The van der Waals surface area contributed by atoms with E-state index in [1.165, 1.54) is 17.8 Å². The lowest BCUT2D eigenvalue weighted by atomic mass is 9.91. The summed E-state index contributed by atoms with van der Waals surface area (Å²) in [6.45, 7) is -1.40. The molecule has 0 amide bonds. The zero-order valence-corrected chi connectivity index (χ0v) is 12.0. The van der Waals surface area contributed by atoms with Gasteiger partial charge in [-0.1, -0.05) is 5.92 Å². The van der Waals surface area contributed by atoms with Crippen LogP contribution in [0.15, 0.2) is 11.1 Å². The maximum atomic E-state index is 11.9. The fourth-order valence-corrected chi connectivity index (χ4v) is 2.59. The molecule has 1 aliphatic heterocycles. The number of rotatable bonds is 2. The van der Waals surface area contributed by atoms with E-state index in [1.807, 2.05) is 0 Å². The number of ether oxygens (including phenoxy) is 1. The fourth-order valence-electron chi connectivity index (χ4n) is 2.59. The summed E-state index contributed by atoms with van der Waals surface area (Å²) in [7, 11) is 0. The summed E-state index contributed by atoms with van der Waals surface area (Å²) in [5.41, 5.74) is 9.32. The maximum absolute atomic E-state index is 11.9. The van der Waals surface area contributed by atoms with Gasteiger partial charge in [0.2, 0.25) is 5.95 Å². The van der Waals surface area contributed by atoms with Gasteiger partial charge in [0.25, 0.3) is 5.56 Å².